The van der Waals surface area contributed by atoms with Gasteiger partial charge in [-0.2, -0.15) is 0 Å². The van der Waals surface area contributed by atoms with Crippen LogP contribution >= 0.6 is 0 Å². The standard InChI is InChI=1S/C8H9NO2.C7H7NO2/c1-2-7-3-5-8(6-4-7)9(10)11;1-6-2-4-7(5-3-6)8(9)10/h3-6H,2H2,1H3;2-5H,1H3. The average molecular weight is 288 g/mol. The van der Waals surface area contributed by atoms with Crippen molar-refractivity contribution in [3.8, 4) is 0 Å². The smallest absolute Gasteiger partial charge is 0.258 e. The average Bonchev–Trinajstić information content (AvgIpc) is 2.48. The summed E-state index contributed by atoms with van der Waals surface area (Å²) in [7, 11) is 0. The highest BCUT2D eigenvalue weighted by atomic mass is 16.6. The maximum atomic E-state index is 10.2. The van der Waals surface area contributed by atoms with Crippen molar-refractivity contribution in [2.75, 3.05) is 0 Å². The summed E-state index contributed by atoms with van der Waals surface area (Å²) in [5.41, 5.74) is 2.45. The number of aryl methyl sites for hydroxylation is 2. The van der Waals surface area contributed by atoms with E-state index in [1.54, 1.807) is 24.3 Å². The predicted octanol–water partition coefficient (Wildman–Crippen LogP) is 4.06. The summed E-state index contributed by atoms with van der Waals surface area (Å²) in [6.45, 7) is 3.91. The van der Waals surface area contributed by atoms with Gasteiger partial charge in [-0.3, -0.25) is 20.2 Å². The number of nitro benzene ring substituents is 2. The fourth-order valence-corrected chi connectivity index (χ4v) is 1.52. The van der Waals surface area contributed by atoms with Crippen molar-refractivity contribution in [2.24, 2.45) is 0 Å². The summed E-state index contributed by atoms with van der Waals surface area (Å²) in [5, 5.41) is 20.3. The van der Waals surface area contributed by atoms with Gasteiger partial charge in [-0.1, -0.05) is 36.8 Å². The van der Waals surface area contributed by atoms with E-state index in [0.29, 0.717) is 0 Å². The third-order valence-corrected chi connectivity index (χ3v) is 2.80. The molecule has 0 aromatic heterocycles. The molecule has 0 aliphatic heterocycles. The summed E-state index contributed by atoms with van der Waals surface area (Å²) in [5.74, 6) is 0. The van der Waals surface area contributed by atoms with E-state index in [4.69, 9.17) is 0 Å². The molecule has 0 radical (unpaired) electrons. The first-order valence-electron chi connectivity index (χ1n) is 6.38. The fraction of sp³-hybridized carbons (Fsp3) is 0.200. The fourth-order valence-electron chi connectivity index (χ4n) is 1.52. The molecule has 0 bridgehead atoms. The maximum absolute atomic E-state index is 10.2. The maximum Gasteiger partial charge on any atom is 0.269 e. The van der Waals surface area contributed by atoms with Crippen LogP contribution in [-0.4, -0.2) is 9.85 Å². The molecule has 0 aliphatic rings. The Labute approximate surface area is 122 Å². The SMILES string of the molecule is CCc1ccc([N+](=O)[O-])cc1.Cc1ccc([N+](=O)[O-])cc1. The van der Waals surface area contributed by atoms with Crippen LogP contribution in [0.4, 0.5) is 11.4 Å². The van der Waals surface area contributed by atoms with Crippen molar-refractivity contribution in [3.05, 3.63) is 79.9 Å². The minimum Gasteiger partial charge on any atom is -0.258 e. The van der Waals surface area contributed by atoms with E-state index in [9.17, 15) is 20.2 Å². The van der Waals surface area contributed by atoms with E-state index in [1.165, 1.54) is 24.3 Å². The number of nitrogens with zero attached hydrogens (tertiary/aromatic N) is 2. The lowest BCUT2D eigenvalue weighted by atomic mass is 10.2. The number of nitro groups is 2. The molecule has 0 amide bonds. The van der Waals surface area contributed by atoms with Crippen LogP contribution in [0.15, 0.2) is 48.5 Å². The van der Waals surface area contributed by atoms with Crippen molar-refractivity contribution in [3.63, 3.8) is 0 Å². The quantitative estimate of drug-likeness (QED) is 0.629. The number of rotatable bonds is 3. The molecule has 0 unspecified atom stereocenters. The molecule has 0 heterocycles. The Balaban J connectivity index is 0.000000211. The molecule has 2 aromatic rings. The molecule has 0 N–H and O–H groups in total. The Hall–Kier alpha value is -2.76. The molecule has 6 nitrogen and oxygen atoms in total. The zero-order valence-electron chi connectivity index (χ0n) is 11.9. The zero-order chi connectivity index (χ0) is 15.8. The second kappa shape index (κ2) is 7.74. The Morgan fingerprint density at radius 2 is 1.19 bits per heavy atom. The van der Waals surface area contributed by atoms with Crippen molar-refractivity contribution in [1.29, 1.82) is 0 Å². The molecule has 6 heteroatoms. The first kappa shape index (κ1) is 16.3. The lowest BCUT2D eigenvalue weighted by Crippen LogP contribution is -1.87. The Bertz CT molecular complexity index is 607. The van der Waals surface area contributed by atoms with Gasteiger partial charge in [0.1, 0.15) is 0 Å². The summed E-state index contributed by atoms with van der Waals surface area (Å²) < 4.78 is 0. The first-order chi connectivity index (χ1) is 9.93. The Morgan fingerprint density at radius 3 is 1.52 bits per heavy atom. The van der Waals surface area contributed by atoms with E-state index in [1.807, 2.05) is 13.8 Å². The minimum atomic E-state index is -0.403. The monoisotopic (exact) mass is 288 g/mol. The van der Waals surface area contributed by atoms with E-state index in [2.05, 4.69) is 0 Å². The van der Waals surface area contributed by atoms with Crippen LogP contribution in [0, 0.1) is 27.2 Å². The Kier molecular flexibility index (Phi) is 6.00. The van der Waals surface area contributed by atoms with Crippen LogP contribution in [-0.2, 0) is 6.42 Å². The molecular weight excluding hydrogens is 272 g/mol. The summed E-state index contributed by atoms with van der Waals surface area (Å²) in [6, 6.07) is 13.0. The van der Waals surface area contributed by atoms with Crippen LogP contribution in [0.1, 0.15) is 18.1 Å². The van der Waals surface area contributed by atoms with Crippen molar-refractivity contribution >= 4 is 11.4 Å². The van der Waals surface area contributed by atoms with Gasteiger partial charge in [0.15, 0.2) is 0 Å². The topological polar surface area (TPSA) is 86.3 Å². The molecule has 0 fully saturated rings. The summed E-state index contributed by atoms with van der Waals surface area (Å²) in [4.78, 5) is 19.5. The highest BCUT2D eigenvalue weighted by Gasteiger charge is 2.02. The lowest BCUT2D eigenvalue weighted by Gasteiger charge is -1.93. The lowest BCUT2D eigenvalue weighted by molar-refractivity contribution is -0.385. The second-order valence-corrected chi connectivity index (χ2v) is 4.37. The van der Waals surface area contributed by atoms with E-state index >= 15 is 0 Å². The third-order valence-electron chi connectivity index (χ3n) is 2.80. The highest BCUT2D eigenvalue weighted by Crippen LogP contribution is 2.11. The Morgan fingerprint density at radius 1 is 0.810 bits per heavy atom. The van der Waals surface area contributed by atoms with Crippen molar-refractivity contribution < 1.29 is 9.85 Å². The van der Waals surface area contributed by atoms with Gasteiger partial charge in [0, 0.05) is 24.3 Å². The van der Waals surface area contributed by atoms with E-state index in [-0.39, 0.29) is 16.3 Å². The first-order valence-corrected chi connectivity index (χ1v) is 6.38. The zero-order valence-corrected chi connectivity index (χ0v) is 11.9. The molecule has 2 rings (SSSR count). The number of hydrogen-bond acceptors (Lipinski definition) is 4. The molecule has 0 atom stereocenters. The molecule has 110 valence electrons. The molecule has 0 aliphatic carbocycles. The van der Waals surface area contributed by atoms with Gasteiger partial charge in [-0.25, -0.2) is 0 Å². The van der Waals surface area contributed by atoms with Gasteiger partial charge >= 0.3 is 0 Å². The molecular formula is C15H16N2O4. The molecule has 2 aromatic carbocycles. The summed E-state index contributed by atoms with van der Waals surface area (Å²) in [6.07, 6.45) is 0.915. The van der Waals surface area contributed by atoms with Crippen LogP contribution in [0.25, 0.3) is 0 Å². The van der Waals surface area contributed by atoms with E-state index < -0.39 is 4.92 Å². The summed E-state index contributed by atoms with van der Waals surface area (Å²) >= 11 is 0. The molecule has 21 heavy (non-hydrogen) atoms. The highest BCUT2D eigenvalue weighted by molar-refractivity contribution is 5.33. The second-order valence-electron chi connectivity index (χ2n) is 4.37. The minimum absolute atomic E-state index is 0.144. The van der Waals surface area contributed by atoms with Gasteiger partial charge in [-0.15, -0.1) is 0 Å². The van der Waals surface area contributed by atoms with Gasteiger partial charge in [0.25, 0.3) is 11.4 Å². The number of benzene rings is 2. The van der Waals surface area contributed by atoms with Crippen molar-refractivity contribution in [2.45, 2.75) is 20.3 Å². The molecule has 0 saturated heterocycles. The van der Waals surface area contributed by atoms with Crippen LogP contribution in [0.5, 0.6) is 0 Å². The van der Waals surface area contributed by atoms with Crippen LogP contribution in [0.3, 0.4) is 0 Å². The molecule has 0 spiro atoms. The van der Waals surface area contributed by atoms with Gasteiger partial charge in [0.2, 0.25) is 0 Å². The van der Waals surface area contributed by atoms with Gasteiger partial charge < -0.3 is 0 Å². The van der Waals surface area contributed by atoms with Crippen LogP contribution in [0.2, 0.25) is 0 Å². The van der Waals surface area contributed by atoms with E-state index in [0.717, 1.165) is 17.5 Å². The molecule has 0 saturated carbocycles. The van der Waals surface area contributed by atoms with Crippen molar-refractivity contribution in [1.82, 2.24) is 0 Å². The normalized spacial score (nSPS) is 9.43. The third kappa shape index (κ3) is 5.40. The number of hydrogen-bond donors (Lipinski definition) is 0. The number of non-ortho nitro benzene ring substituents is 2. The van der Waals surface area contributed by atoms with Gasteiger partial charge in [-0.05, 0) is 18.9 Å². The predicted molar refractivity (Wildman–Crippen MR) is 80.3 cm³/mol. The van der Waals surface area contributed by atoms with Gasteiger partial charge in [0.05, 0.1) is 9.85 Å². The van der Waals surface area contributed by atoms with Crippen LogP contribution < -0.4 is 0 Å². The largest absolute Gasteiger partial charge is 0.269 e.